The lowest BCUT2D eigenvalue weighted by Gasteiger charge is -2.07. The van der Waals surface area contributed by atoms with Crippen molar-refractivity contribution in [3.63, 3.8) is 0 Å². The molecule has 0 aliphatic heterocycles. The third-order valence-electron chi connectivity index (χ3n) is 5.18. The van der Waals surface area contributed by atoms with Gasteiger partial charge in [0.25, 0.3) is 0 Å². The Kier molecular flexibility index (Phi) is 6.35. The average molecular weight is 583 g/mol. The highest BCUT2D eigenvalue weighted by atomic mass is 127. The third-order valence-corrected chi connectivity index (χ3v) is 6.54. The van der Waals surface area contributed by atoms with Crippen molar-refractivity contribution in [2.24, 2.45) is 0 Å². The van der Waals surface area contributed by atoms with Crippen molar-refractivity contribution in [2.45, 2.75) is 0 Å². The Bertz CT molecular complexity index is 1570. The van der Waals surface area contributed by atoms with Gasteiger partial charge in [-0.15, -0.1) is 0 Å². The van der Waals surface area contributed by atoms with Crippen molar-refractivity contribution < 1.29 is 0 Å². The van der Waals surface area contributed by atoms with Crippen LogP contribution in [0.1, 0.15) is 0 Å². The molecule has 33 heavy (non-hydrogen) atoms. The molecule has 2 aromatic heterocycles. The first-order chi connectivity index (χ1) is 16.1. The molecule has 0 spiro atoms. The van der Waals surface area contributed by atoms with Crippen LogP contribution in [0.2, 0.25) is 10.0 Å². The monoisotopic (exact) mass is 582 g/mol. The number of nitrogens with zero attached hydrogens (tertiary/aromatic N) is 4. The van der Waals surface area contributed by atoms with E-state index in [-0.39, 0.29) is 0 Å². The number of benzene rings is 4. The molecule has 4 nitrogen and oxygen atoms in total. The first-order valence-corrected chi connectivity index (χ1v) is 12.0. The standard InChI is InChI=1S/C13H8ClIN2.C13H9ClN2/c14-9-5-1-3-7-11(9)17-12-8-4-2-6-10(12)16-13(17)15;14-10-5-1-3-7-12(10)16-9-15-11-6-2-4-8-13(11)16/h1-8H;1-9H. The van der Waals surface area contributed by atoms with Crippen LogP contribution in [0.25, 0.3) is 33.4 Å². The summed E-state index contributed by atoms with van der Waals surface area (Å²) < 4.78 is 4.98. The van der Waals surface area contributed by atoms with Crippen LogP contribution in [0.4, 0.5) is 0 Å². The van der Waals surface area contributed by atoms with E-state index in [9.17, 15) is 0 Å². The van der Waals surface area contributed by atoms with E-state index in [1.54, 1.807) is 6.33 Å². The highest BCUT2D eigenvalue weighted by Crippen LogP contribution is 2.27. The fourth-order valence-corrected chi connectivity index (χ4v) is 4.88. The zero-order chi connectivity index (χ0) is 22.8. The summed E-state index contributed by atoms with van der Waals surface area (Å²) in [7, 11) is 0. The van der Waals surface area contributed by atoms with Gasteiger partial charge in [0.2, 0.25) is 0 Å². The van der Waals surface area contributed by atoms with Gasteiger partial charge in [-0.1, -0.05) is 71.7 Å². The molecule has 0 unspecified atom stereocenters. The second-order valence-corrected chi connectivity index (χ2v) is 8.99. The number of fused-ring (bicyclic) bond motifs is 2. The molecule has 0 atom stereocenters. The molecule has 6 aromatic rings. The van der Waals surface area contributed by atoms with Crippen molar-refractivity contribution >= 4 is 67.9 Å². The lowest BCUT2D eigenvalue weighted by molar-refractivity contribution is 1.04. The number of aromatic nitrogens is 4. The number of halogens is 3. The molecule has 0 aliphatic rings. The van der Waals surface area contributed by atoms with Crippen molar-refractivity contribution in [1.29, 1.82) is 0 Å². The van der Waals surface area contributed by atoms with E-state index in [1.165, 1.54) is 0 Å². The SMILES string of the molecule is Clc1ccccc1-n1c(I)nc2ccccc21.Clc1ccccc1-n1cnc2ccccc21. The Hall–Kier alpha value is -2.87. The van der Waals surface area contributed by atoms with E-state index in [4.69, 9.17) is 23.2 Å². The number of rotatable bonds is 2. The zero-order valence-corrected chi connectivity index (χ0v) is 20.9. The Labute approximate surface area is 214 Å². The Morgan fingerprint density at radius 3 is 1.85 bits per heavy atom. The van der Waals surface area contributed by atoms with E-state index in [1.807, 2.05) is 102 Å². The molecule has 4 aromatic carbocycles. The summed E-state index contributed by atoms with van der Waals surface area (Å²) in [6.07, 6.45) is 1.80. The van der Waals surface area contributed by atoms with E-state index < -0.39 is 0 Å². The van der Waals surface area contributed by atoms with E-state index in [0.29, 0.717) is 0 Å². The van der Waals surface area contributed by atoms with Crippen molar-refractivity contribution in [2.75, 3.05) is 0 Å². The molecule has 7 heteroatoms. The highest BCUT2D eigenvalue weighted by Gasteiger charge is 2.11. The molecule has 0 saturated carbocycles. The molecular weight excluding hydrogens is 566 g/mol. The van der Waals surface area contributed by atoms with Crippen LogP contribution >= 0.6 is 45.8 Å². The average Bonchev–Trinajstić information content (AvgIpc) is 3.41. The lowest BCUT2D eigenvalue weighted by Crippen LogP contribution is -1.97. The maximum atomic E-state index is 6.24. The van der Waals surface area contributed by atoms with Crippen LogP contribution in [0.15, 0.2) is 103 Å². The van der Waals surface area contributed by atoms with Crippen LogP contribution in [0, 0.1) is 3.83 Å². The van der Waals surface area contributed by atoms with Crippen molar-refractivity contribution in [3.8, 4) is 11.4 Å². The molecule has 2 heterocycles. The molecule has 0 N–H and O–H groups in total. The lowest BCUT2D eigenvalue weighted by atomic mass is 10.3. The summed E-state index contributed by atoms with van der Waals surface area (Å²) in [4.78, 5) is 8.86. The summed E-state index contributed by atoms with van der Waals surface area (Å²) in [5.74, 6) is 0. The fraction of sp³-hybridized carbons (Fsp3) is 0. The molecule has 0 fully saturated rings. The third kappa shape index (κ3) is 4.36. The summed E-state index contributed by atoms with van der Waals surface area (Å²) in [6, 6.07) is 31.6. The fourth-order valence-electron chi connectivity index (χ4n) is 3.66. The van der Waals surface area contributed by atoms with Gasteiger partial charge in [0.05, 0.1) is 43.5 Å². The first-order valence-electron chi connectivity index (χ1n) is 10.2. The predicted molar refractivity (Wildman–Crippen MR) is 145 cm³/mol. The largest absolute Gasteiger partial charge is 0.297 e. The minimum atomic E-state index is 0.727. The van der Waals surface area contributed by atoms with E-state index in [2.05, 4.69) is 37.1 Å². The topological polar surface area (TPSA) is 35.6 Å². The van der Waals surface area contributed by atoms with Gasteiger partial charge in [0.15, 0.2) is 3.83 Å². The smallest absolute Gasteiger partial charge is 0.177 e. The molecule has 0 saturated heterocycles. The number of para-hydroxylation sites is 6. The van der Waals surface area contributed by atoms with Gasteiger partial charge in [-0.2, -0.15) is 0 Å². The van der Waals surface area contributed by atoms with Gasteiger partial charge >= 0.3 is 0 Å². The van der Waals surface area contributed by atoms with Gasteiger partial charge in [0, 0.05) is 22.6 Å². The van der Waals surface area contributed by atoms with Gasteiger partial charge < -0.3 is 0 Å². The summed E-state index contributed by atoms with van der Waals surface area (Å²) >= 11 is 14.6. The quantitative estimate of drug-likeness (QED) is 0.194. The minimum absolute atomic E-state index is 0.727. The summed E-state index contributed by atoms with van der Waals surface area (Å²) in [6.45, 7) is 0. The molecule has 0 amide bonds. The van der Waals surface area contributed by atoms with Crippen LogP contribution in [-0.2, 0) is 0 Å². The Balaban J connectivity index is 0.000000139. The van der Waals surface area contributed by atoms with Crippen molar-refractivity contribution in [1.82, 2.24) is 19.1 Å². The van der Waals surface area contributed by atoms with Crippen LogP contribution in [0.3, 0.4) is 0 Å². The van der Waals surface area contributed by atoms with Gasteiger partial charge in [-0.25, -0.2) is 9.97 Å². The molecule has 0 radical (unpaired) electrons. The molecule has 162 valence electrons. The second kappa shape index (κ2) is 9.55. The number of imidazole rings is 2. The van der Waals surface area contributed by atoms with Crippen LogP contribution in [-0.4, -0.2) is 19.1 Å². The summed E-state index contributed by atoms with van der Waals surface area (Å²) in [5.41, 5.74) is 6.02. The highest BCUT2D eigenvalue weighted by molar-refractivity contribution is 14.1. The molecule has 0 bridgehead atoms. The van der Waals surface area contributed by atoms with Gasteiger partial charge in [-0.05, 0) is 48.5 Å². The van der Waals surface area contributed by atoms with E-state index in [0.717, 1.165) is 47.3 Å². The maximum absolute atomic E-state index is 6.24. The van der Waals surface area contributed by atoms with Crippen molar-refractivity contribution in [3.05, 3.63) is 117 Å². The first kappa shape index (κ1) is 21.9. The predicted octanol–water partition coefficient (Wildman–Crippen LogP) is 7.96. The Morgan fingerprint density at radius 1 is 0.606 bits per heavy atom. The molecule has 0 aliphatic carbocycles. The normalized spacial score (nSPS) is 10.9. The van der Waals surface area contributed by atoms with Crippen LogP contribution in [0.5, 0.6) is 0 Å². The van der Waals surface area contributed by atoms with Gasteiger partial charge in [-0.3, -0.25) is 9.13 Å². The second-order valence-electron chi connectivity index (χ2n) is 7.21. The Morgan fingerprint density at radius 2 is 1.15 bits per heavy atom. The van der Waals surface area contributed by atoms with Crippen LogP contribution < -0.4 is 0 Å². The summed E-state index contributed by atoms with van der Waals surface area (Å²) in [5, 5.41) is 1.46. The minimum Gasteiger partial charge on any atom is -0.297 e. The van der Waals surface area contributed by atoms with Gasteiger partial charge in [0.1, 0.15) is 6.33 Å². The zero-order valence-electron chi connectivity index (χ0n) is 17.2. The maximum Gasteiger partial charge on any atom is 0.177 e. The number of hydrogen-bond acceptors (Lipinski definition) is 2. The van der Waals surface area contributed by atoms with E-state index >= 15 is 0 Å². The number of hydrogen-bond donors (Lipinski definition) is 0. The molecule has 6 rings (SSSR count). The molecular formula is C26H17Cl2IN4.